The summed E-state index contributed by atoms with van der Waals surface area (Å²) in [4.78, 5) is 45.0. The van der Waals surface area contributed by atoms with Crippen LogP contribution in [-0.2, 0) is 10.3 Å². The lowest BCUT2D eigenvalue weighted by Gasteiger charge is -2.27. The minimum atomic E-state index is -1.13. The predicted octanol–water partition coefficient (Wildman–Crippen LogP) is 4.37. The number of hydrogen-bond acceptors (Lipinski definition) is 5. The fourth-order valence-corrected chi connectivity index (χ4v) is 5.09. The molecule has 3 heterocycles. The van der Waals surface area contributed by atoms with E-state index >= 15 is 0 Å². The number of imide groups is 1. The topological polar surface area (TPSA) is 84.3 Å². The standard InChI is InChI=1S/C24H26N4O3S/c1-4-5-11-24(18-9-7-6-8-10-18)21(30)27(22(31)26-24)15-20(29)19-14-16(2)28(17(19)3)23-25-12-13-32-23/h6-10,12-14H,4-5,11,15H2,1-3H3,(H,26,31). The van der Waals surface area contributed by atoms with Gasteiger partial charge in [-0.3, -0.25) is 19.1 Å². The summed E-state index contributed by atoms with van der Waals surface area (Å²) < 4.78 is 1.92. The van der Waals surface area contributed by atoms with Crippen LogP contribution in [0, 0.1) is 13.8 Å². The lowest BCUT2D eigenvalue weighted by molar-refractivity contribution is -0.131. The molecule has 0 spiro atoms. The van der Waals surface area contributed by atoms with Gasteiger partial charge in [-0.25, -0.2) is 9.78 Å². The molecular weight excluding hydrogens is 424 g/mol. The Morgan fingerprint density at radius 1 is 1.19 bits per heavy atom. The van der Waals surface area contributed by atoms with Gasteiger partial charge in [-0.2, -0.15) is 0 Å². The van der Waals surface area contributed by atoms with E-state index in [2.05, 4.69) is 10.3 Å². The minimum Gasteiger partial charge on any atom is -0.319 e. The van der Waals surface area contributed by atoms with E-state index < -0.39 is 11.6 Å². The number of aromatic nitrogens is 2. The lowest BCUT2D eigenvalue weighted by Crippen LogP contribution is -2.44. The van der Waals surface area contributed by atoms with Crippen LogP contribution >= 0.6 is 11.3 Å². The molecule has 1 atom stereocenters. The Labute approximate surface area is 191 Å². The highest BCUT2D eigenvalue weighted by Gasteiger charge is 2.52. The lowest BCUT2D eigenvalue weighted by atomic mass is 9.85. The second-order valence-electron chi connectivity index (χ2n) is 8.05. The SMILES string of the molecule is CCCCC1(c2ccccc2)NC(=O)N(CC(=O)c2cc(C)n(-c3nccs3)c2C)C1=O. The maximum absolute atomic E-state index is 13.5. The van der Waals surface area contributed by atoms with Crippen LogP contribution in [0.5, 0.6) is 0 Å². The number of nitrogens with one attached hydrogen (secondary N) is 1. The quantitative estimate of drug-likeness (QED) is 0.408. The molecule has 1 aromatic carbocycles. The van der Waals surface area contributed by atoms with Crippen molar-refractivity contribution in [1.82, 2.24) is 19.8 Å². The number of hydrogen-bond donors (Lipinski definition) is 1. The number of unbranched alkanes of at least 4 members (excludes halogenated alkanes) is 1. The zero-order chi connectivity index (χ0) is 22.9. The van der Waals surface area contributed by atoms with Crippen molar-refractivity contribution in [3.8, 4) is 5.13 Å². The number of nitrogens with zero attached hydrogens (tertiary/aromatic N) is 3. The Morgan fingerprint density at radius 2 is 1.94 bits per heavy atom. The molecular formula is C24H26N4O3S. The zero-order valence-corrected chi connectivity index (χ0v) is 19.2. The number of urea groups is 1. The van der Waals surface area contributed by atoms with Gasteiger partial charge in [-0.1, -0.05) is 50.1 Å². The molecule has 3 amide bonds. The maximum atomic E-state index is 13.5. The van der Waals surface area contributed by atoms with E-state index in [9.17, 15) is 14.4 Å². The number of thiazole rings is 1. The van der Waals surface area contributed by atoms with Crippen molar-refractivity contribution in [1.29, 1.82) is 0 Å². The van der Waals surface area contributed by atoms with Crippen LogP contribution in [0.2, 0.25) is 0 Å². The molecule has 1 aliphatic rings. The average Bonchev–Trinajstić information content (AvgIpc) is 3.47. The third-order valence-electron chi connectivity index (χ3n) is 5.99. The number of carbonyl (C=O) groups excluding carboxylic acids is 3. The van der Waals surface area contributed by atoms with Crippen molar-refractivity contribution in [3.05, 3.63) is 70.5 Å². The summed E-state index contributed by atoms with van der Waals surface area (Å²) >= 11 is 1.48. The summed E-state index contributed by atoms with van der Waals surface area (Å²) in [5.74, 6) is -0.645. The van der Waals surface area contributed by atoms with Gasteiger partial charge in [0.05, 0.1) is 6.54 Å². The van der Waals surface area contributed by atoms with Crippen molar-refractivity contribution in [2.24, 2.45) is 0 Å². The first-order valence-electron chi connectivity index (χ1n) is 10.7. The van der Waals surface area contributed by atoms with Crippen molar-refractivity contribution in [2.45, 2.75) is 45.6 Å². The molecule has 0 saturated carbocycles. The van der Waals surface area contributed by atoms with Gasteiger partial charge in [0.25, 0.3) is 5.91 Å². The molecule has 0 aliphatic carbocycles. The molecule has 1 unspecified atom stereocenters. The van der Waals surface area contributed by atoms with Crippen molar-refractivity contribution < 1.29 is 14.4 Å². The Hall–Kier alpha value is -3.26. The second kappa shape index (κ2) is 8.70. The van der Waals surface area contributed by atoms with E-state index in [-0.39, 0.29) is 18.2 Å². The number of rotatable bonds is 8. The van der Waals surface area contributed by atoms with E-state index in [0.717, 1.165) is 39.8 Å². The van der Waals surface area contributed by atoms with Crippen LogP contribution in [0.4, 0.5) is 4.79 Å². The van der Waals surface area contributed by atoms with Gasteiger partial charge in [0.15, 0.2) is 10.9 Å². The molecule has 0 radical (unpaired) electrons. The van der Waals surface area contributed by atoms with Gasteiger partial charge < -0.3 is 5.32 Å². The first-order valence-corrected chi connectivity index (χ1v) is 11.6. The Bertz CT molecular complexity index is 1150. The third kappa shape index (κ3) is 3.64. The molecule has 32 heavy (non-hydrogen) atoms. The zero-order valence-electron chi connectivity index (χ0n) is 18.4. The van der Waals surface area contributed by atoms with E-state index in [1.807, 2.05) is 61.1 Å². The monoisotopic (exact) mass is 450 g/mol. The Kier molecular flexibility index (Phi) is 5.97. The smallest absolute Gasteiger partial charge is 0.319 e. The highest BCUT2D eigenvalue weighted by atomic mass is 32.1. The number of Topliss-reactive ketones (excluding diaryl/α,β-unsaturated/α-hetero) is 1. The van der Waals surface area contributed by atoms with Gasteiger partial charge in [-0.05, 0) is 31.9 Å². The molecule has 1 saturated heterocycles. The molecule has 4 rings (SSSR count). The van der Waals surface area contributed by atoms with Crippen LogP contribution in [-0.4, -0.2) is 38.7 Å². The normalized spacial score (nSPS) is 18.3. The van der Waals surface area contributed by atoms with Crippen molar-refractivity contribution in [2.75, 3.05) is 6.54 Å². The van der Waals surface area contributed by atoms with Crippen LogP contribution in [0.1, 0.15) is 53.5 Å². The molecule has 1 aliphatic heterocycles. The molecule has 8 heteroatoms. The average molecular weight is 451 g/mol. The first kappa shape index (κ1) is 22.0. The summed E-state index contributed by atoms with van der Waals surface area (Å²) in [6, 6.07) is 10.5. The molecule has 2 aromatic heterocycles. The maximum Gasteiger partial charge on any atom is 0.325 e. The highest BCUT2D eigenvalue weighted by Crippen LogP contribution is 2.34. The van der Waals surface area contributed by atoms with E-state index in [1.165, 1.54) is 11.3 Å². The molecule has 1 fully saturated rings. The number of ketones is 1. The minimum absolute atomic E-state index is 0.274. The molecule has 7 nitrogen and oxygen atoms in total. The number of carbonyl (C=O) groups is 3. The Morgan fingerprint density at radius 3 is 2.59 bits per heavy atom. The second-order valence-corrected chi connectivity index (χ2v) is 8.93. The summed E-state index contributed by atoms with van der Waals surface area (Å²) in [6.45, 7) is 5.50. The van der Waals surface area contributed by atoms with Crippen LogP contribution in [0.25, 0.3) is 5.13 Å². The fourth-order valence-electron chi connectivity index (χ4n) is 4.34. The van der Waals surface area contributed by atoms with Crippen molar-refractivity contribution in [3.63, 3.8) is 0 Å². The summed E-state index contributed by atoms with van der Waals surface area (Å²) in [6.07, 6.45) is 3.87. The highest BCUT2D eigenvalue weighted by molar-refractivity contribution is 7.12. The van der Waals surface area contributed by atoms with Crippen molar-refractivity contribution >= 4 is 29.1 Å². The first-order chi connectivity index (χ1) is 15.4. The van der Waals surface area contributed by atoms with Gasteiger partial charge in [0.1, 0.15) is 5.54 Å². The number of amides is 3. The third-order valence-corrected chi connectivity index (χ3v) is 6.75. The fraction of sp³-hybridized carbons (Fsp3) is 0.333. The molecule has 1 N–H and O–H groups in total. The van der Waals surface area contributed by atoms with Gasteiger partial charge in [0, 0.05) is 28.5 Å². The molecule has 166 valence electrons. The molecule has 3 aromatic rings. The number of benzene rings is 1. The predicted molar refractivity (Wildman–Crippen MR) is 123 cm³/mol. The van der Waals surface area contributed by atoms with Gasteiger partial charge >= 0.3 is 6.03 Å². The van der Waals surface area contributed by atoms with Crippen LogP contribution < -0.4 is 5.32 Å². The van der Waals surface area contributed by atoms with E-state index in [1.54, 1.807) is 12.3 Å². The summed E-state index contributed by atoms with van der Waals surface area (Å²) in [7, 11) is 0. The van der Waals surface area contributed by atoms with E-state index in [0.29, 0.717) is 12.0 Å². The van der Waals surface area contributed by atoms with Crippen LogP contribution in [0.15, 0.2) is 48.0 Å². The Balaban J connectivity index is 1.63. The summed E-state index contributed by atoms with van der Waals surface area (Å²) in [5.41, 5.74) is 1.72. The van der Waals surface area contributed by atoms with Crippen LogP contribution in [0.3, 0.4) is 0 Å². The number of aryl methyl sites for hydroxylation is 1. The summed E-state index contributed by atoms with van der Waals surface area (Å²) in [5, 5.41) is 5.55. The molecule has 0 bridgehead atoms. The van der Waals surface area contributed by atoms with Gasteiger partial charge in [0.2, 0.25) is 0 Å². The largest absolute Gasteiger partial charge is 0.325 e. The van der Waals surface area contributed by atoms with Gasteiger partial charge in [-0.15, -0.1) is 11.3 Å². The van der Waals surface area contributed by atoms with E-state index in [4.69, 9.17) is 0 Å².